The van der Waals surface area contributed by atoms with Gasteiger partial charge in [0.25, 0.3) is 5.91 Å². The number of carbonyl (C=O) groups is 1. The minimum Gasteiger partial charge on any atom is -0.497 e. The van der Waals surface area contributed by atoms with Crippen LogP contribution in [0.3, 0.4) is 0 Å². The molecule has 0 aliphatic carbocycles. The number of carbonyl (C=O) groups excluding carboxylic acids is 1. The summed E-state index contributed by atoms with van der Waals surface area (Å²) in [6.45, 7) is 0. The van der Waals surface area contributed by atoms with Crippen molar-refractivity contribution < 1.29 is 13.9 Å². The number of pyridine rings is 1. The smallest absolute Gasteiger partial charge is 0.322 e. The third-order valence-electron chi connectivity index (χ3n) is 3.14. The number of aromatic nitrogens is 3. The molecule has 0 atom stereocenters. The second-order valence-corrected chi connectivity index (χ2v) is 4.72. The van der Waals surface area contributed by atoms with Crippen LogP contribution in [0.5, 0.6) is 5.75 Å². The first-order valence-corrected chi connectivity index (χ1v) is 6.91. The van der Waals surface area contributed by atoms with Crippen LogP contribution in [0, 0.1) is 0 Å². The largest absolute Gasteiger partial charge is 0.497 e. The predicted molar refractivity (Wildman–Crippen MR) is 82.3 cm³/mol. The third kappa shape index (κ3) is 3.70. The van der Waals surface area contributed by atoms with Crippen molar-refractivity contribution in [2.75, 3.05) is 12.4 Å². The Morgan fingerprint density at radius 3 is 2.57 bits per heavy atom. The monoisotopic (exact) mass is 310 g/mol. The number of hydrogen-bond donors (Lipinski definition) is 1. The number of anilines is 1. The molecule has 1 N–H and O–H groups in total. The normalized spacial score (nSPS) is 10.3. The van der Waals surface area contributed by atoms with Crippen molar-refractivity contribution in [3.8, 4) is 5.75 Å². The zero-order chi connectivity index (χ0) is 16.1. The molecule has 7 nitrogen and oxygen atoms in total. The molecule has 23 heavy (non-hydrogen) atoms. The van der Waals surface area contributed by atoms with Crippen LogP contribution in [-0.4, -0.2) is 28.2 Å². The highest BCUT2D eigenvalue weighted by Crippen LogP contribution is 2.15. The molecular weight excluding hydrogens is 296 g/mol. The zero-order valence-electron chi connectivity index (χ0n) is 12.4. The van der Waals surface area contributed by atoms with E-state index >= 15 is 0 Å². The van der Waals surface area contributed by atoms with Gasteiger partial charge in [-0.1, -0.05) is 17.2 Å². The van der Waals surface area contributed by atoms with Gasteiger partial charge in [0.2, 0.25) is 5.89 Å². The lowest BCUT2D eigenvalue weighted by Crippen LogP contribution is -2.11. The Morgan fingerprint density at radius 1 is 1.13 bits per heavy atom. The molecule has 0 radical (unpaired) electrons. The highest BCUT2D eigenvalue weighted by molar-refractivity contribution is 6.02. The van der Waals surface area contributed by atoms with Crippen molar-refractivity contribution in [2.45, 2.75) is 6.42 Å². The van der Waals surface area contributed by atoms with Crippen molar-refractivity contribution in [2.24, 2.45) is 0 Å². The molecule has 3 rings (SSSR count). The van der Waals surface area contributed by atoms with Crippen molar-refractivity contribution in [1.29, 1.82) is 0 Å². The van der Waals surface area contributed by atoms with E-state index in [2.05, 4.69) is 20.5 Å². The third-order valence-corrected chi connectivity index (χ3v) is 3.14. The molecule has 116 valence electrons. The summed E-state index contributed by atoms with van der Waals surface area (Å²) < 4.78 is 10.5. The highest BCUT2D eigenvalue weighted by atomic mass is 16.5. The van der Waals surface area contributed by atoms with E-state index in [1.54, 1.807) is 19.2 Å². The fourth-order valence-electron chi connectivity index (χ4n) is 1.97. The molecule has 3 aromatic rings. The Balaban J connectivity index is 1.64. The zero-order valence-corrected chi connectivity index (χ0v) is 12.4. The molecule has 1 aromatic carbocycles. The van der Waals surface area contributed by atoms with Gasteiger partial charge in [-0.25, -0.2) is 0 Å². The molecule has 0 saturated heterocycles. The van der Waals surface area contributed by atoms with Gasteiger partial charge in [-0.05, 0) is 29.8 Å². The van der Waals surface area contributed by atoms with Crippen LogP contribution in [0.2, 0.25) is 0 Å². The van der Waals surface area contributed by atoms with E-state index in [0.29, 0.717) is 17.9 Å². The summed E-state index contributed by atoms with van der Waals surface area (Å²) in [5, 5.41) is 10.3. The summed E-state index contributed by atoms with van der Waals surface area (Å²) in [6.07, 6.45) is 3.55. The fourth-order valence-corrected chi connectivity index (χ4v) is 1.97. The van der Waals surface area contributed by atoms with E-state index in [4.69, 9.17) is 9.15 Å². The van der Waals surface area contributed by atoms with Crippen LogP contribution >= 0.6 is 0 Å². The molecule has 2 aromatic heterocycles. The molecule has 0 unspecified atom stereocenters. The van der Waals surface area contributed by atoms with Crippen LogP contribution < -0.4 is 10.1 Å². The van der Waals surface area contributed by atoms with Gasteiger partial charge in [0, 0.05) is 18.0 Å². The Labute approximate surface area is 132 Å². The standard InChI is InChI=1S/C16H14N4O3/c1-22-13-4-2-11(3-5-13)10-14-19-20-16(23-14)18-15(21)12-6-8-17-9-7-12/h2-9H,10H2,1H3,(H,18,20,21). The van der Waals surface area contributed by atoms with Crippen LogP contribution in [0.15, 0.2) is 53.2 Å². The summed E-state index contributed by atoms with van der Waals surface area (Å²) in [5.74, 6) is 0.872. The number of ether oxygens (including phenoxy) is 1. The number of amides is 1. The molecule has 0 aliphatic heterocycles. The van der Waals surface area contributed by atoms with Crippen LogP contribution in [0.25, 0.3) is 0 Å². The number of nitrogens with one attached hydrogen (secondary N) is 1. The maximum absolute atomic E-state index is 12.0. The van der Waals surface area contributed by atoms with Gasteiger partial charge in [0.15, 0.2) is 0 Å². The lowest BCUT2D eigenvalue weighted by Gasteiger charge is -2.01. The molecule has 0 fully saturated rings. The second kappa shape index (κ2) is 6.69. The van der Waals surface area contributed by atoms with Gasteiger partial charge in [0.05, 0.1) is 13.5 Å². The Bertz CT molecular complexity index is 785. The minimum absolute atomic E-state index is 0.0651. The summed E-state index contributed by atoms with van der Waals surface area (Å²) in [4.78, 5) is 15.8. The van der Waals surface area contributed by atoms with Crippen LogP contribution in [0.1, 0.15) is 21.8 Å². The molecule has 0 aliphatic rings. The fraction of sp³-hybridized carbons (Fsp3) is 0.125. The topological polar surface area (TPSA) is 90.1 Å². The maximum Gasteiger partial charge on any atom is 0.322 e. The molecule has 0 bridgehead atoms. The Kier molecular flexibility index (Phi) is 4.28. The van der Waals surface area contributed by atoms with Gasteiger partial charge in [-0.2, -0.15) is 0 Å². The van der Waals surface area contributed by atoms with Crippen molar-refractivity contribution in [3.63, 3.8) is 0 Å². The highest BCUT2D eigenvalue weighted by Gasteiger charge is 2.11. The van der Waals surface area contributed by atoms with E-state index in [1.807, 2.05) is 24.3 Å². The summed E-state index contributed by atoms with van der Waals surface area (Å²) >= 11 is 0. The molecule has 7 heteroatoms. The first-order chi connectivity index (χ1) is 11.2. The number of nitrogens with zero attached hydrogens (tertiary/aromatic N) is 3. The van der Waals surface area contributed by atoms with Crippen LogP contribution in [-0.2, 0) is 6.42 Å². The number of benzene rings is 1. The SMILES string of the molecule is COc1ccc(Cc2nnc(NC(=O)c3ccncc3)o2)cc1. The molecule has 1 amide bonds. The van der Waals surface area contributed by atoms with E-state index in [9.17, 15) is 4.79 Å². The van der Waals surface area contributed by atoms with E-state index in [0.717, 1.165) is 11.3 Å². The quantitative estimate of drug-likeness (QED) is 0.777. The first-order valence-electron chi connectivity index (χ1n) is 6.91. The van der Waals surface area contributed by atoms with Crippen molar-refractivity contribution >= 4 is 11.9 Å². The molecule has 0 spiro atoms. The first kappa shape index (κ1) is 14.7. The van der Waals surface area contributed by atoms with E-state index in [-0.39, 0.29) is 11.9 Å². The maximum atomic E-state index is 12.0. The lowest BCUT2D eigenvalue weighted by molar-refractivity contribution is 0.102. The lowest BCUT2D eigenvalue weighted by atomic mass is 10.1. The van der Waals surface area contributed by atoms with E-state index < -0.39 is 0 Å². The Hall–Kier alpha value is -3.22. The summed E-state index contributed by atoms with van der Waals surface area (Å²) in [7, 11) is 1.62. The van der Waals surface area contributed by atoms with Gasteiger partial charge in [-0.15, -0.1) is 5.10 Å². The number of rotatable bonds is 5. The molecule has 2 heterocycles. The predicted octanol–water partition coefficient (Wildman–Crippen LogP) is 2.32. The summed E-state index contributed by atoms with van der Waals surface area (Å²) in [6, 6.07) is 10.8. The average molecular weight is 310 g/mol. The van der Waals surface area contributed by atoms with Gasteiger partial charge < -0.3 is 9.15 Å². The number of methoxy groups -OCH3 is 1. The van der Waals surface area contributed by atoms with Crippen molar-refractivity contribution in [3.05, 3.63) is 65.8 Å². The second-order valence-electron chi connectivity index (χ2n) is 4.72. The van der Waals surface area contributed by atoms with Crippen LogP contribution in [0.4, 0.5) is 6.01 Å². The Morgan fingerprint density at radius 2 is 1.87 bits per heavy atom. The number of hydrogen-bond acceptors (Lipinski definition) is 6. The average Bonchev–Trinajstić information content (AvgIpc) is 3.03. The van der Waals surface area contributed by atoms with Gasteiger partial charge in [-0.3, -0.25) is 15.1 Å². The van der Waals surface area contributed by atoms with Gasteiger partial charge >= 0.3 is 6.01 Å². The minimum atomic E-state index is -0.327. The molecular formula is C16H14N4O3. The molecule has 0 saturated carbocycles. The van der Waals surface area contributed by atoms with Crippen molar-refractivity contribution in [1.82, 2.24) is 15.2 Å². The van der Waals surface area contributed by atoms with E-state index in [1.165, 1.54) is 12.4 Å². The van der Waals surface area contributed by atoms with Gasteiger partial charge in [0.1, 0.15) is 5.75 Å². The summed E-state index contributed by atoms with van der Waals surface area (Å²) in [5.41, 5.74) is 1.47.